The Balaban J connectivity index is 3.18. The highest BCUT2D eigenvalue weighted by molar-refractivity contribution is 6.69. The first kappa shape index (κ1) is 9.36. The first-order valence-electron chi connectivity index (χ1n) is 3.29. The average molecular weight is 204 g/mol. The fraction of sp³-hybridized carbons (Fsp3) is 0.125. The smallest absolute Gasteiger partial charge is 0.175 e. The van der Waals surface area contributed by atoms with Crippen molar-refractivity contribution in [1.29, 1.82) is 0 Å². The molecule has 0 fully saturated rings. The van der Waals surface area contributed by atoms with Crippen molar-refractivity contribution >= 4 is 28.4 Å². The van der Waals surface area contributed by atoms with E-state index in [9.17, 15) is 0 Å². The number of oxime groups is 1. The second-order valence-electron chi connectivity index (χ2n) is 2.35. The zero-order chi connectivity index (χ0) is 9.14. The molecule has 0 aliphatic rings. The van der Waals surface area contributed by atoms with Gasteiger partial charge < -0.3 is 5.21 Å². The predicted octanol–water partition coefficient (Wildman–Crippen LogP) is 3.02. The van der Waals surface area contributed by atoms with E-state index >= 15 is 0 Å². The molecule has 0 radical (unpaired) electrons. The van der Waals surface area contributed by atoms with Crippen molar-refractivity contribution in [1.82, 2.24) is 0 Å². The Labute approximate surface area is 80.4 Å². The van der Waals surface area contributed by atoms with Crippen LogP contribution in [-0.4, -0.2) is 10.4 Å². The third kappa shape index (κ3) is 1.90. The van der Waals surface area contributed by atoms with Gasteiger partial charge in [-0.15, -0.1) is 0 Å². The molecule has 0 spiro atoms. The van der Waals surface area contributed by atoms with Crippen molar-refractivity contribution in [2.75, 3.05) is 0 Å². The molecule has 0 aromatic heterocycles. The monoisotopic (exact) mass is 203 g/mol. The third-order valence-corrected chi connectivity index (χ3v) is 2.01. The molecule has 0 saturated carbocycles. The van der Waals surface area contributed by atoms with Crippen LogP contribution >= 0.6 is 23.2 Å². The molecule has 12 heavy (non-hydrogen) atoms. The van der Waals surface area contributed by atoms with Gasteiger partial charge in [0.25, 0.3) is 0 Å². The molecule has 1 N–H and O–H groups in total. The van der Waals surface area contributed by atoms with E-state index in [2.05, 4.69) is 5.16 Å². The van der Waals surface area contributed by atoms with Crippen LogP contribution in [-0.2, 0) is 0 Å². The molecule has 2 nitrogen and oxygen atoms in total. The third-order valence-electron chi connectivity index (χ3n) is 1.50. The van der Waals surface area contributed by atoms with Gasteiger partial charge in [0, 0.05) is 10.6 Å². The summed E-state index contributed by atoms with van der Waals surface area (Å²) in [6.07, 6.45) is 0. The van der Waals surface area contributed by atoms with Crippen LogP contribution in [0.2, 0.25) is 5.02 Å². The first-order chi connectivity index (χ1) is 5.65. The lowest BCUT2D eigenvalue weighted by Crippen LogP contribution is -1.94. The van der Waals surface area contributed by atoms with Crippen molar-refractivity contribution < 1.29 is 5.21 Å². The molecule has 1 aromatic rings. The highest BCUT2D eigenvalue weighted by Gasteiger charge is 2.04. The van der Waals surface area contributed by atoms with Crippen molar-refractivity contribution in [3.8, 4) is 0 Å². The molecule has 0 atom stereocenters. The minimum atomic E-state index is 0.0733. The van der Waals surface area contributed by atoms with E-state index in [1.54, 1.807) is 18.2 Å². The highest BCUT2D eigenvalue weighted by atomic mass is 35.5. The summed E-state index contributed by atoms with van der Waals surface area (Å²) in [5, 5.41) is 12.0. The van der Waals surface area contributed by atoms with E-state index in [1.165, 1.54) is 0 Å². The average Bonchev–Trinajstić information content (AvgIpc) is 2.03. The summed E-state index contributed by atoms with van der Waals surface area (Å²) in [5.41, 5.74) is 1.56. The molecule has 0 unspecified atom stereocenters. The molecule has 0 saturated heterocycles. The van der Waals surface area contributed by atoms with Crippen LogP contribution in [0.15, 0.2) is 23.4 Å². The van der Waals surface area contributed by atoms with Gasteiger partial charge >= 0.3 is 0 Å². The van der Waals surface area contributed by atoms with Crippen LogP contribution in [0.1, 0.15) is 11.1 Å². The second-order valence-corrected chi connectivity index (χ2v) is 3.14. The van der Waals surface area contributed by atoms with Crippen LogP contribution in [0.3, 0.4) is 0 Å². The van der Waals surface area contributed by atoms with Gasteiger partial charge in [0.1, 0.15) is 0 Å². The Morgan fingerprint density at radius 1 is 1.50 bits per heavy atom. The maximum absolute atomic E-state index is 8.40. The first-order valence-corrected chi connectivity index (χ1v) is 4.05. The van der Waals surface area contributed by atoms with E-state index in [-0.39, 0.29) is 5.17 Å². The van der Waals surface area contributed by atoms with Gasteiger partial charge in [0.15, 0.2) is 5.17 Å². The normalized spacial score (nSPS) is 11.8. The van der Waals surface area contributed by atoms with Gasteiger partial charge in [-0.3, -0.25) is 0 Å². The van der Waals surface area contributed by atoms with Gasteiger partial charge in [-0.25, -0.2) is 0 Å². The van der Waals surface area contributed by atoms with Crippen molar-refractivity contribution in [3.05, 3.63) is 34.3 Å². The number of nitrogens with zero attached hydrogens (tertiary/aromatic N) is 1. The van der Waals surface area contributed by atoms with Gasteiger partial charge in [-0.2, -0.15) is 0 Å². The molecule has 0 aliphatic heterocycles. The largest absolute Gasteiger partial charge is 0.410 e. The summed E-state index contributed by atoms with van der Waals surface area (Å²) in [7, 11) is 0. The van der Waals surface area contributed by atoms with Crippen LogP contribution in [0, 0.1) is 6.92 Å². The highest BCUT2D eigenvalue weighted by Crippen LogP contribution is 2.16. The lowest BCUT2D eigenvalue weighted by Gasteiger charge is -2.01. The molecule has 1 rings (SSSR count). The number of rotatable bonds is 1. The molecule has 4 heteroatoms. The quantitative estimate of drug-likeness (QED) is 0.425. The van der Waals surface area contributed by atoms with Crippen LogP contribution < -0.4 is 0 Å². The summed E-state index contributed by atoms with van der Waals surface area (Å²) in [5.74, 6) is 0. The Hall–Kier alpha value is -0.730. The maximum atomic E-state index is 8.40. The minimum absolute atomic E-state index is 0.0733. The summed E-state index contributed by atoms with van der Waals surface area (Å²) in [4.78, 5) is 0. The Kier molecular flexibility index (Phi) is 2.95. The summed E-state index contributed by atoms with van der Waals surface area (Å²) in [6.45, 7) is 1.84. The second kappa shape index (κ2) is 3.78. The molecule has 0 amide bonds. The molecule has 64 valence electrons. The summed E-state index contributed by atoms with van der Waals surface area (Å²) in [6, 6.07) is 5.15. The Bertz CT molecular complexity index is 323. The number of hydrogen-bond donors (Lipinski definition) is 1. The van der Waals surface area contributed by atoms with Gasteiger partial charge in [0.05, 0.1) is 0 Å². The van der Waals surface area contributed by atoms with E-state index in [0.717, 1.165) is 5.56 Å². The number of halogens is 2. The fourth-order valence-corrected chi connectivity index (χ4v) is 1.35. The number of hydrogen-bond acceptors (Lipinski definition) is 2. The Morgan fingerprint density at radius 3 is 2.67 bits per heavy atom. The van der Waals surface area contributed by atoms with E-state index in [0.29, 0.717) is 10.6 Å². The molecule has 0 aliphatic carbocycles. The van der Waals surface area contributed by atoms with E-state index in [4.69, 9.17) is 28.4 Å². The SMILES string of the molecule is Cc1cc(Cl)ccc1/C(Cl)=N\O. The standard InChI is InChI=1S/C8H7Cl2NO/c1-5-4-6(9)2-3-7(5)8(10)11-12/h2-4,12H,1H3/b11-8+. The van der Waals surface area contributed by atoms with E-state index in [1.807, 2.05) is 6.92 Å². The van der Waals surface area contributed by atoms with E-state index < -0.39 is 0 Å². The maximum Gasteiger partial charge on any atom is 0.175 e. The lowest BCUT2D eigenvalue weighted by molar-refractivity contribution is 0.321. The summed E-state index contributed by atoms with van der Waals surface area (Å²) >= 11 is 11.3. The number of aryl methyl sites for hydroxylation is 1. The predicted molar refractivity (Wildman–Crippen MR) is 50.4 cm³/mol. The lowest BCUT2D eigenvalue weighted by atomic mass is 10.1. The topological polar surface area (TPSA) is 32.6 Å². The molecule has 0 heterocycles. The van der Waals surface area contributed by atoms with Gasteiger partial charge in [-0.05, 0) is 24.6 Å². The van der Waals surface area contributed by atoms with Gasteiger partial charge in [-0.1, -0.05) is 34.4 Å². The van der Waals surface area contributed by atoms with Crippen LogP contribution in [0.5, 0.6) is 0 Å². The van der Waals surface area contributed by atoms with Crippen molar-refractivity contribution in [2.24, 2.45) is 5.16 Å². The van der Waals surface area contributed by atoms with Crippen molar-refractivity contribution in [2.45, 2.75) is 6.92 Å². The fourth-order valence-electron chi connectivity index (χ4n) is 0.912. The molecule has 1 aromatic carbocycles. The molecular formula is C8H7Cl2NO. The van der Waals surface area contributed by atoms with Crippen LogP contribution in [0.4, 0.5) is 0 Å². The van der Waals surface area contributed by atoms with Gasteiger partial charge in [0.2, 0.25) is 0 Å². The minimum Gasteiger partial charge on any atom is -0.410 e. The van der Waals surface area contributed by atoms with Crippen molar-refractivity contribution in [3.63, 3.8) is 0 Å². The zero-order valence-corrected chi connectivity index (χ0v) is 7.89. The zero-order valence-electron chi connectivity index (χ0n) is 6.38. The summed E-state index contributed by atoms with van der Waals surface area (Å²) < 4.78 is 0. The number of benzene rings is 1. The van der Waals surface area contributed by atoms with Crippen LogP contribution in [0.25, 0.3) is 0 Å². The Morgan fingerprint density at radius 2 is 2.17 bits per heavy atom. The molecular weight excluding hydrogens is 197 g/mol. The molecule has 0 bridgehead atoms.